The van der Waals surface area contributed by atoms with E-state index in [2.05, 4.69) is 44.5 Å². The van der Waals surface area contributed by atoms with Gasteiger partial charge >= 0.3 is 0 Å². The van der Waals surface area contributed by atoms with Gasteiger partial charge in [-0.1, -0.05) is 24.3 Å². The Bertz CT molecular complexity index is 712. The quantitative estimate of drug-likeness (QED) is 0.881. The molecule has 5 heteroatoms. The van der Waals surface area contributed by atoms with Crippen molar-refractivity contribution in [3.63, 3.8) is 0 Å². The van der Waals surface area contributed by atoms with Gasteiger partial charge in [0.05, 0.1) is 6.04 Å². The number of likely N-dealkylation sites (tertiary alicyclic amines) is 1. The zero-order valence-corrected chi connectivity index (χ0v) is 14.4. The van der Waals surface area contributed by atoms with Crippen molar-refractivity contribution in [2.75, 3.05) is 13.1 Å². The standard InChI is InChI=1S/C20H24N4O/c25-20(23-10-15-3-4-15)19-2-1-9-24(19)13-16-5-7-17(8-6-16)18-11-21-14-22-12-18/h5-8,11-12,14-15,19H,1-4,9-10,13H2,(H,23,25). The van der Waals surface area contributed by atoms with Crippen molar-refractivity contribution in [1.82, 2.24) is 20.2 Å². The van der Waals surface area contributed by atoms with Crippen molar-refractivity contribution in [2.45, 2.75) is 38.3 Å². The van der Waals surface area contributed by atoms with Crippen molar-refractivity contribution >= 4 is 5.91 Å². The van der Waals surface area contributed by atoms with Gasteiger partial charge in [-0.15, -0.1) is 0 Å². The van der Waals surface area contributed by atoms with E-state index in [1.165, 1.54) is 18.4 Å². The molecular weight excluding hydrogens is 312 g/mol. The molecule has 5 nitrogen and oxygen atoms in total. The molecule has 2 heterocycles. The van der Waals surface area contributed by atoms with Crippen molar-refractivity contribution in [1.29, 1.82) is 0 Å². The van der Waals surface area contributed by atoms with E-state index in [-0.39, 0.29) is 11.9 Å². The van der Waals surface area contributed by atoms with E-state index in [4.69, 9.17) is 0 Å². The summed E-state index contributed by atoms with van der Waals surface area (Å²) in [7, 11) is 0. The van der Waals surface area contributed by atoms with Gasteiger partial charge in [-0.2, -0.15) is 0 Å². The second-order valence-corrected chi connectivity index (χ2v) is 7.14. The second kappa shape index (κ2) is 7.31. The number of hydrogen-bond donors (Lipinski definition) is 1. The lowest BCUT2D eigenvalue weighted by molar-refractivity contribution is -0.125. The van der Waals surface area contributed by atoms with E-state index in [0.29, 0.717) is 0 Å². The van der Waals surface area contributed by atoms with Crippen LogP contribution in [0.1, 0.15) is 31.2 Å². The number of nitrogens with zero attached hydrogens (tertiary/aromatic N) is 3. The zero-order valence-electron chi connectivity index (χ0n) is 14.4. The van der Waals surface area contributed by atoms with Crippen LogP contribution in [0.2, 0.25) is 0 Å². The minimum absolute atomic E-state index is 0.0287. The summed E-state index contributed by atoms with van der Waals surface area (Å²) in [6, 6.07) is 8.51. The molecule has 2 fully saturated rings. The summed E-state index contributed by atoms with van der Waals surface area (Å²) in [6.45, 7) is 2.68. The predicted molar refractivity (Wildman–Crippen MR) is 96.6 cm³/mol. The maximum absolute atomic E-state index is 12.5. The Labute approximate surface area is 148 Å². The molecule has 2 aromatic rings. The van der Waals surface area contributed by atoms with E-state index in [0.717, 1.165) is 49.5 Å². The average Bonchev–Trinajstić information content (AvgIpc) is 3.38. The highest BCUT2D eigenvalue weighted by Gasteiger charge is 2.31. The van der Waals surface area contributed by atoms with Crippen LogP contribution in [0.25, 0.3) is 11.1 Å². The normalized spacial score (nSPS) is 20.6. The van der Waals surface area contributed by atoms with Crippen LogP contribution in [0.5, 0.6) is 0 Å². The molecule has 1 aliphatic carbocycles. The molecule has 1 saturated heterocycles. The minimum atomic E-state index is 0.0287. The second-order valence-electron chi connectivity index (χ2n) is 7.14. The lowest BCUT2D eigenvalue weighted by atomic mass is 10.1. The number of rotatable bonds is 6. The Balaban J connectivity index is 1.37. The molecule has 1 aliphatic heterocycles. The molecule has 1 saturated carbocycles. The number of carbonyl (C=O) groups is 1. The summed E-state index contributed by atoms with van der Waals surface area (Å²) in [4.78, 5) is 22.9. The SMILES string of the molecule is O=C(NCC1CC1)C1CCCN1Cc1ccc(-c2cncnc2)cc1. The summed E-state index contributed by atoms with van der Waals surface area (Å²) in [5, 5.41) is 3.14. The van der Waals surface area contributed by atoms with Crippen LogP contribution in [0.15, 0.2) is 43.0 Å². The van der Waals surface area contributed by atoms with Crippen LogP contribution in [0, 0.1) is 5.92 Å². The molecule has 1 aromatic carbocycles. The van der Waals surface area contributed by atoms with Gasteiger partial charge in [0, 0.05) is 31.0 Å². The third kappa shape index (κ3) is 4.04. The molecule has 130 valence electrons. The molecule has 1 unspecified atom stereocenters. The van der Waals surface area contributed by atoms with Crippen LogP contribution >= 0.6 is 0 Å². The zero-order chi connectivity index (χ0) is 17.1. The lowest BCUT2D eigenvalue weighted by Gasteiger charge is -2.23. The molecule has 0 radical (unpaired) electrons. The number of hydrogen-bond acceptors (Lipinski definition) is 4. The Hall–Kier alpha value is -2.27. The van der Waals surface area contributed by atoms with Gasteiger partial charge in [-0.3, -0.25) is 9.69 Å². The maximum Gasteiger partial charge on any atom is 0.237 e. The first-order valence-corrected chi connectivity index (χ1v) is 9.16. The van der Waals surface area contributed by atoms with Gasteiger partial charge in [0.15, 0.2) is 0 Å². The number of carbonyl (C=O) groups excluding carboxylic acids is 1. The highest BCUT2D eigenvalue weighted by molar-refractivity contribution is 5.82. The molecule has 0 spiro atoms. The number of benzene rings is 1. The van der Waals surface area contributed by atoms with Crippen molar-refractivity contribution in [2.24, 2.45) is 5.92 Å². The summed E-state index contributed by atoms with van der Waals surface area (Å²) < 4.78 is 0. The van der Waals surface area contributed by atoms with Gasteiger partial charge in [0.25, 0.3) is 0 Å². The van der Waals surface area contributed by atoms with Crippen LogP contribution in [-0.2, 0) is 11.3 Å². The van der Waals surface area contributed by atoms with E-state index in [1.54, 1.807) is 6.33 Å². The minimum Gasteiger partial charge on any atom is -0.354 e. The highest BCUT2D eigenvalue weighted by atomic mass is 16.2. The van der Waals surface area contributed by atoms with E-state index in [1.807, 2.05) is 12.4 Å². The fraction of sp³-hybridized carbons (Fsp3) is 0.450. The first-order chi connectivity index (χ1) is 12.3. The Morgan fingerprint density at radius 1 is 1.08 bits per heavy atom. The van der Waals surface area contributed by atoms with E-state index in [9.17, 15) is 4.79 Å². The highest BCUT2D eigenvalue weighted by Crippen LogP contribution is 2.28. The van der Waals surface area contributed by atoms with Crippen LogP contribution in [0.4, 0.5) is 0 Å². The smallest absolute Gasteiger partial charge is 0.237 e. The summed E-state index contributed by atoms with van der Waals surface area (Å²) in [5.41, 5.74) is 3.37. The Morgan fingerprint density at radius 2 is 1.84 bits per heavy atom. The number of nitrogens with one attached hydrogen (secondary N) is 1. The van der Waals surface area contributed by atoms with Gasteiger partial charge in [-0.05, 0) is 49.3 Å². The van der Waals surface area contributed by atoms with Gasteiger partial charge < -0.3 is 5.32 Å². The van der Waals surface area contributed by atoms with Gasteiger partial charge in [0.2, 0.25) is 5.91 Å². The largest absolute Gasteiger partial charge is 0.354 e. The van der Waals surface area contributed by atoms with Crippen LogP contribution in [-0.4, -0.2) is 39.9 Å². The van der Waals surface area contributed by atoms with Crippen molar-refractivity contribution < 1.29 is 4.79 Å². The van der Waals surface area contributed by atoms with E-state index < -0.39 is 0 Å². The molecule has 1 atom stereocenters. The topological polar surface area (TPSA) is 58.1 Å². The number of aromatic nitrogens is 2. The first-order valence-electron chi connectivity index (χ1n) is 9.16. The lowest BCUT2D eigenvalue weighted by Crippen LogP contribution is -2.43. The Morgan fingerprint density at radius 3 is 2.56 bits per heavy atom. The summed E-state index contributed by atoms with van der Waals surface area (Å²) >= 11 is 0. The van der Waals surface area contributed by atoms with Gasteiger partial charge in [0.1, 0.15) is 6.33 Å². The third-order valence-corrected chi connectivity index (χ3v) is 5.16. The Kier molecular flexibility index (Phi) is 4.74. The van der Waals surface area contributed by atoms with Crippen LogP contribution < -0.4 is 5.32 Å². The van der Waals surface area contributed by atoms with Crippen molar-refractivity contribution in [3.05, 3.63) is 48.5 Å². The molecule has 1 N–H and O–H groups in total. The van der Waals surface area contributed by atoms with Crippen molar-refractivity contribution in [3.8, 4) is 11.1 Å². The number of amides is 1. The predicted octanol–water partition coefficient (Wildman–Crippen LogP) is 2.63. The first kappa shape index (κ1) is 16.2. The fourth-order valence-electron chi connectivity index (χ4n) is 3.48. The van der Waals surface area contributed by atoms with Crippen LogP contribution in [0.3, 0.4) is 0 Å². The molecular formula is C20H24N4O. The monoisotopic (exact) mass is 336 g/mol. The fourth-order valence-corrected chi connectivity index (χ4v) is 3.48. The molecule has 1 aromatic heterocycles. The molecule has 1 amide bonds. The molecule has 4 rings (SSSR count). The van der Waals surface area contributed by atoms with Gasteiger partial charge in [-0.25, -0.2) is 9.97 Å². The summed E-state index contributed by atoms with van der Waals surface area (Å²) in [5.74, 6) is 0.941. The molecule has 0 bridgehead atoms. The third-order valence-electron chi connectivity index (χ3n) is 5.16. The van der Waals surface area contributed by atoms with E-state index >= 15 is 0 Å². The average molecular weight is 336 g/mol. The molecule has 2 aliphatic rings. The molecule has 25 heavy (non-hydrogen) atoms. The summed E-state index contributed by atoms with van der Waals surface area (Å²) in [6.07, 6.45) is 9.79. The maximum atomic E-state index is 12.5.